The molecule has 0 unspecified atom stereocenters. The fourth-order valence-corrected chi connectivity index (χ4v) is 2.28. The highest BCUT2D eigenvalue weighted by molar-refractivity contribution is 5.90. The van der Waals surface area contributed by atoms with Gasteiger partial charge >= 0.3 is 6.36 Å². The Hall–Kier alpha value is -3.16. The van der Waals surface area contributed by atoms with Crippen LogP contribution in [0.15, 0.2) is 54.9 Å². The monoisotopic (exact) mass is 347 g/mol. The first-order chi connectivity index (χ1) is 11.8. The van der Waals surface area contributed by atoms with Gasteiger partial charge in [0, 0.05) is 12.5 Å². The van der Waals surface area contributed by atoms with E-state index in [9.17, 15) is 18.0 Å². The minimum absolute atomic E-state index is 0.0613. The summed E-state index contributed by atoms with van der Waals surface area (Å²) in [6.45, 7) is 1.35. The van der Waals surface area contributed by atoms with Crippen molar-refractivity contribution < 1.29 is 22.7 Å². The van der Waals surface area contributed by atoms with Gasteiger partial charge in [-0.15, -0.1) is 18.3 Å². The minimum Gasteiger partial charge on any atom is -0.405 e. The lowest BCUT2D eigenvalue weighted by atomic mass is 10.0. The number of carbonyl (C=O) groups is 1. The number of aromatic nitrogens is 3. The molecule has 0 spiro atoms. The molecule has 0 saturated carbocycles. The summed E-state index contributed by atoms with van der Waals surface area (Å²) in [5, 5.41) is 4.04. The molecule has 0 fully saturated rings. The van der Waals surface area contributed by atoms with Gasteiger partial charge < -0.3 is 4.74 Å². The first-order valence-electron chi connectivity index (χ1n) is 7.22. The second kappa shape index (κ2) is 6.39. The van der Waals surface area contributed by atoms with Gasteiger partial charge in [0.25, 0.3) is 0 Å². The lowest BCUT2D eigenvalue weighted by Crippen LogP contribution is -2.17. The zero-order valence-electron chi connectivity index (χ0n) is 13.0. The molecule has 1 aromatic heterocycles. The number of hydrogen-bond donors (Lipinski definition) is 0. The number of nitrogens with zero attached hydrogens (tertiary/aromatic N) is 3. The third-order valence-corrected chi connectivity index (χ3v) is 3.34. The summed E-state index contributed by atoms with van der Waals surface area (Å²) in [5.74, 6) is -0.514. The third kappa shape index (κ3) is 3.85. The molecule has 3 rings (SSSR count). The Morgan fingerprint density at radius 1 is 1.12 bits per heavy atom. The van der Waals surface area contributed by atoms with Crippen LogP contribution in [0, 0.1) is 0 Å². The van der Waals surface area contributed by atoms with Crippen LogP contribution in [-0.2, 0) is 0 Å². The smallest absolute Gasteiger partial charge is 0.405 e. The van der Waals surface area contributed by atoms with Crippen molar-refractivity contribution in [2.45, 2.75) is 13.3 Å². The second-order valence-electron chi connectivity index (χ2n) is 5.16. The summed E-state index contributed by atoms with van der Waals surface area (Å²) in [5.41, 5.74) is 1.35. The first-order valence-corrected chi connectivity index (χ1v) is 7.22. The summed E-state index contributed by atoms with van der Waals surface area (Å²) in [4.78, 5) is 15.2. The van der Waals surface area contributed by atoms with Crippen LogP contribution >= 0.6 is 0 Å². The van der Waals surface area contributed by atoms with Crippen LogP contribution in [-0.4, -0.2) is 26.9 Å². The summed E-state index contributed by atoms with van der Waals surface area (Å²) in [6.07, 6.45) is -3.41. The Morgan fingerprint density at radius 3 is 2.56 bits per heavy atom. The first kappa shape index (κ1) is 16.7. The lowest BCUT2D eigenvalue weighted by molar-refractivity contribution is -0.274. The SMILES string of the molecule is CC(=O)c1ncn(-c2cccc(-c3ccccc3OC(F)(F)F)c2)n1. The Bertz CT molecular complexity index is 919. The average Bonchev–Trinajstić information content (AvgIpc) is 3.04. The van der Waals surface area contributed by atoms with E-state index in [0.29, 0.717) is 11.3 Å². The fraction of sp³-hybridized carbons (Fsp3) is 0.118. The van der Waals surface area contributed by atoms with Crippen LogP contribution in [0.3, 0.4) is 0 Å². The van der Waals surface area contributed by atoms with E-state index >= 15 is 0 Å². The van der Waals surface area contributed by atoms with E-state index in [1.807, 2.05) is 0 Å². The molecule has 3 aromatic rings. The summed E-state index contributed by atoms with van der Waals surface area (Å²) in [7, 11) is 0. The highest BCUT2D eigenvalue weighted by Gasteiger charge is 2.32. The van der Waals surface area contributed by atoms with Crippen molar-refractivity contribution >= 4 is 5.78 Å². The normalized spacial score (nSPS) is 11.4. The molecule has 0 radical (unpaired) electrons. The van der Waals surface area contributed by atoms with Gasteiger partial charge in [-0.2, -0.15) is 0 Å². The molecule has 0 aliphatic heterocycles. The maximum atomic E-state index is 12.6. The van der Waals surface area contributed by atoms with E-state index in [0.717, 1.165) is 0 Å². The zero-order chi connectivity index (χ0) is 18.0. The minimum atomic E-state index is -4.78. The highest BCUT2D eigenvalue weighted by Crippen LogP contribution is 2.34. The molecule has 8 heteroatoms. The molecule has 0 bridgehead atoms. The van der Waals surface area contributed by atoms with E-state index < -0.39 is 6.36 Å². The molecule has 0 N–H and O–H groups in total. The van der Waals surface area contributed by atoms with Gasteiger partial charge in [0.2, 0.25) is 5.82 Å². The Labute approximate surface area is 140 Å². The number of carbonyl (C=O) groups excluding carboxylic acids is 1. The maximum absolute atomic E-state index is 12.6. The van der Waals surface area contributed by atoms with Gasteiger partial charge in [-0.05, 0) is 23.8 Å². The lowest BCUT2D eigenvalue weighted by Gasteiger charge is -2.13. The molecular formula is C17H12F3N3O2. The largest absolute Gasteiger partial charge is 0.573 e. The molecule has 0 amide bonds. The van der Waals surface area contributed by atoms with Crippen molar-refractivity contribution in [2.75, 3.05) is 0 Å². The topological polar surface area (TPSA) is 57.0 Å². The number of halogens is 3. The molecule has 5 nitrogen and oxygen atoms in total. The number of hydrogen-bond acceptors (Lipinski definition) is 4. The Morgan fingerprint density at radius 2 is 1.88 bits per heavy atom. The molecule has 0 atom stereocenters. The standard InChI is InChI=1S/C17H12F3N3O2/c1-11(24)16-21-10-23(22-16)13-6-4-5-12(9-13)14-7-2-3-8-15(14)25-17(18,19)20/h2-10H,1H3. The van der Waals surface area contributed by atoms with E-state index in [2.05, 4.69) is 14.8 Å². The van der Waals surface area contributed by atoms with Crippen LogP contribution in [0.25, 0.3) is 16.8 Å². The van der Waals surface area contributed by atoms with E-state index in [4.69, 9.17) is 0 Å². The highest BCUT2D eigenvalue weighted by atomic mass is 19.4. The van der Waals surface area contributed by atoms with Gasteiger partial charge in [0.1, 0.15) is 12.1 Å². The van der Waals surface area contributed by atoms with Crippen molar-refractivity contribution in [3.05, 3.63) is 60.7 Å². The summed E-state index contributed by atoms with van der Waals surface area (Å²) < 4.78 is 43.2. The number of rotatable bonds is 4. The van der Waals surface area contributed by atoms with E-state index in [1.165, 1.54) is 36.1 Å². The molecule has 0 aliphatic rings. The quantitative estimate of drug-likeness (QED) is 0.669. The molecule has 25 heavy (non-hydrogen) atoms. The average molecular weight is 347 g/mol. The fourth-order valence-electron chi connectivity index (χ4n) is 2.28. The molecule has 128 valence electrons. The molecule has 1 heterocycles. The number of alkyl halides is 3. The van der Waals surface area contributed by atoms with Crippen LogP contribution in [0.5, 0.6) is 5.75 Å². The number of ketones is 1. The molecule has 0 saturated heterocycles. The van der Waals surface area contributed by atoms with Crippen molar-refractivity contribution in [3.8, 4) is 22.6 Å². The van der Waals surface area contributed by atoms with Crippen molar-refractivity contribution in [1.82, 2.24) is 14.8 Å². The van der Waals surface area contributed by atoms with Crippen LogP contribution in [0.2, 0.25) is 0 Å². The van der Waals surface area contributed by atoms with Gasteiger partial charge in [-0.1, -0.05) is 30.3 Å². The molecule has 0 aliphatic carbocycles. The Balaban J connectivity index is 2.01. The van der Waals surface area contributed by atoms with Crippen molar-refractivity contribution in [1.29, 1.82) is 0 Å². The van der Waals surface area contributed by atoms with Gasteiger partial charge in [-0.25, -0.2) is 9.67 Å². The number of ether oxygens (including phenoxy) is 1. The predicted molar refractivity (Wildman–Crippen MR) is 83.5 cm³/mol. The van der Waals surface area contributed by atoms with E-state index in [-0.39, 0.29) is 22.9 Å². The van der Waals surface area contributed by atoms with Crippen molar-refractivity contribution in [2.24, 2.45) is 0 Å². The number of Topliss-reactive ketones (excluding diaryl/α,β-unsaturated/α-hetero) is 1. The zero-order valence-corrected chi connectivity index (χ0v) is 13.0. The molecule has 2 aromatic carbocycles. The van der Waals surface area contributed by atoms with Gasteiger partial charge in [0.15, 0.2) is 5.78 Å². The second-order valence-corrected chi connectivity index (χ2v) is 5.16. The van der Waals surface area contributed by atoms with Crippen molar-refractivity contribution in [3.63, 3.8) is 0 Å². The maximum Gasteiger partial charge on any atom is 0.573 e. The van der Waals surface area contributed by atoms with Gasteiger partial charge in [0.05, 0.1) is 5.69 Å². The van der Waals surface area contributed by atoms with Crippen LogP contribution in [0.4, 0.5) is 13.2 Å². The molecular weight excluding hydrogens is 335 g/mol. The third-order valence-electron chi connectivity index (χ3n) is 3.34. The van der Waals surface area contributed by atoms with Gasteiger partial charge in [-0.3, -0.25) is 4.79 Å². The van der Waals surface area contributed by atoms with Crippen LogP contribution < -0.4 is 4.74 Å². The van der Waals surface area contributed by atoms with E-state index in [1.54, 1.807) is 30.3 Å². The summed E-state index contributed by atoms with van der Waals surface area (Å²) >= 11 is 0. The van der Waals surface area contributed by atoms with Crippen LogP contribution in [0.1, 0.15) is 17.5 Å². The number of para-hydroxylation sites is 1. The Kier molecular flexibility index (Phi) is 4.26. The number of benzene rings is 2. The predicted octanol–water partition coefficient (Wildman–Crippen LogP) is 4.04. The summed E-state index contributed by atoms with van der Waals surface area (Å²) in [6, 6.07) is 12.5.